The van der Waals surface area contributed by atoms with Gasteiger partial charge in [0.25, 0.3) is 5.91 Å². The Bertz CT molecular complexity index is 181. The summed E-state index contributed by atoms with van der Waals surface area (Å²) in [4.78, 5) is 21.0. The number of primary amides is 1. The lowest BCUT2D eigenvalue weighted by Gasteiger charge is -2.22. The van der Waals surface area contributed by atoms with Crippen molar-refractivity contribution in [3.8, 4) is 0 Å². The van der Waals surface area contributed by atoms with Crippen LogP contribution in [-0.2, 0) is 14.3 Å². The van der Waals surface area contributed by atoms with E-state index in [1.54, 1.807) is 6.92 Å². The van der Waals surface area contributed by atoms with Crippen LogP contribution in [0.1, 0.15) is 20.3 Å². The van der Waals surface area contributed by atoms with Crippen molar-refractivity contribution in [3.05, 3.63) is 0 Å². The zero-order chi connectivity index (χ0) is 9.07. The number of hydrogen-bond donors (Lipinski definition) is 2. The summed E-state index contributed by atoms with van der Waals surface area (Å²) in [6.07, 6.45) is 0.169. The number of nitrogens with two attached hydrogens (primary N) is 2. The molecule has 64 valence electrons. The van der Waals surface area contributed by atoms with Gasteiger partial charge in [-0.3, -0.25) is 15.3 Å². The molecule has 4 N–H and O–H groups in total. The van der Waals surface area contributed by atoms with Crippen LogP contribution in [0.5, 0.6) is 0 Å². The molecule has 0 bridgehead atoms. The molecule has 0 aromatic heterocycles. The molecule has 11 heavy (non-hydrogen) atoms. The van der Waals surface area contributed by atoms with E-state index in [-0.39, 0.29) is 6.42 Å². The van der Waals surface area contributed by atoms with Crippen molar-refractivity contribution in [3.63, 3.8) is 0 Å². The predicted molar refractivity (Wildman–Crippen MR) is 38.2 cm³/mol. The Hall–Kier alpha value is -1.10. The monoisotopic (exact) mass is 160 g/mol. The van der Waals surface area contributed by atoms with Gasteiger partial charge in [-0.05, 0) is 0 Å². The van der Waals surface area contributed by atoms with Gasteiger partial charge in [0.1, 0.15) is 0 Å². The molecule has 0 heterocycles. The van der Waals surface area contributed by atoms with E-state index in [4.69, 9.17) is 11.5 Å². The van der Waals surface area contributed by atoms with Crippen LogP contribution in [0, 0.1) is 0 Å². The maximum absolute atomic E-state index is 10.6. The molecule has 0 spiro atoms. The van der Waals surface area contributed by atoms with Gasteiger partial charge in [0.2, 0.25) is 5.72 Å². The second-order valence-electron chi connectivity index (χ2n) is 2.20. The summed E-state index contributed by atoms with van der Waals surface area (Å²) < 4.78 is 4.51. The molecule has 0 aliphatic carbocycles. The van der Waals surface area contributed by atoms with Crippen LogP contribution >= 0.6 is 0 Å². The fraction of sp³-hybridized carbons (Fsp3) is 0.667. The molecule has 0 saturated heterocycles. The lowest BCUT2D eigenvalue weighted by Crippen LogP contribution is -2.54. The summed E-state index contributed by atoms with van der Waals surface area (Å²) in [7, 11) is 0. The first-order valence-electron chi connectivity index (χ1n) is 3.20. The third kappa shape index (κ3) is 2.55. The predicted octanol–water partition coefficient (Wildman–Crippen LogP) is -0.900. The van der Waals surface area contributed by atoms with E-state index in [1.807, 2.05) is 0 Å². The highest BCUT2D eigenvalue weighted by Gasteiger charge is 2.32. The normalized spacial score (nSPS) is 15.2. The summed E-state index contributed by atoms with van der Waals surface area (Å²) in [6, 6.07) is 0. The first-order chi connectivity index (χ1) is 4.92. The van der Waals surface area contributed by atoms with E-state index >= 15 is 0 Å². The van der Waals surface area contributed by atoms with Gasteiger partial charge in [-0.25, -0.2) is 0 Å². The molecule has 0 fully saturated rings. The van der Waals surface area contributed by atoms with Crippen molar-refractivity contribution in [2.75, 3.05) is 0 Å². The van der Waals surface area contributed by atoms with E-state index in [1.165, 1.54) is 6.92 Å². The standard InChI is InChI=1S/C6H12N2O3/c1-3-6(8,5(7)10)11-4(2)9/h3,8H2,1-2H3,(H2,7,10). The van der Waals surface area contributed by atoms with Crippen molar-refractivity contribution in [1.29, 1.82) is 0 Å². The minimum absolute atomic E-state index is 0.169. The highest BCUT2D eigenvalue weighted by Crippen LogP contribution is 2.07. The molecule has 5 heteroatoms. The maximum Gasteiger partial charge on any atom is 0.304 e. The van der Waals surface area contributed by atoms with Gasteiger partial charge in [0.05, 0.1) is 0 Å². The van der Waals surface area contributed by atoms with Gasteiger partial charge in [-0.1, -0.05) is 6.92 Å². The SMILES string of the molecule is CCC(N)(OC(C)=O)C(N)=O. The van der Waals surface area contributed by atoms with E-state index < -0.39 is 17.6 Å². The summed E-state index contributed by atoms with van der Waals surface area (Å²) in [5.41, 5.74) is 8.57. The highest BCUT2D eigenvalue weighted by molar-refractivity contribution is 5.85. The molecule has 0 aromatic carbocycles. The molecule has 1 unspecified atom stereocenters. The molecule has 1 amide bonds. The summed E-state index contributed by atoms with van der Waals surface area (Å²) in [6.45, 7) is 2.77. The molecule has 0 aliphatic rings. The van der Waals surface area contributed by atoms with Gasteiger partial charge in [0, 0.05) is 13.3 Å². The quantitative estimate of drug-likeness (QED) is 0.413. The zero-order valence-corrected chi connectivity index (χ0v) is 6.59. The van der Waals surface area contributed by atoms with Crippen molar-refractivity contribution in [2.24, 2.45) is 11.5 Å². The average molecular weight is 160 g/mol. The van der Waals surface area contributed by atoms with Crippen LogP contribution in [-0.4, -0.2) is 17.6 Å². The van der Waals surface area contributed by atoms with Crippen LogP contribution in [0.25, 0.3) is 0 Å². The number of ether oxygens (including phenoxy) is 1. The molecule has 0 aliphatic heterocycles. The van der Waals surface area contributed by atoms with Crippen LogP contribution in [0.3, 0.4) is 0 Å². The topological polar surface area (TPSA) is 95.4 Å². The van der Waals surface area contributed by atoms with Crippen LogP contribution in [0.15, 0.2) is 0 Å². The van der Waals surface area contributed by atoms with E-state index in [0.717, 1.165) is 0 Å². The summed E-state index contributed by atoms with van der Waals surface area (Å²) >= 11 is 0. The minimum Gasteiger partial charge on any atom is -0.435 e. The summed E-state index contributed by atoms with van der Waals surface area (Å²) in [5.74, 6) is -1.46. The van der Waals surface area contributed by atoms with Gasteiger partial charge in [-0.2, -0.15) is 0 Å². The van der Waals surface area contributed by atoms with Gasteiger partial charge in [0.15, 0.2) is 0 Å². The fourth-order valence-electron chi connectivity index (χ4n) is 0.553. The van der Waals surface area contributed by atoms with Gasteiger partial charge in [-0.15, -0.1) is 0 Å². The molecule has 1 atom stereocenters. The molecular weight excluding hydrogens is 148 g/mol. The Morgan fingerprint density at radius 3 is 2.09 bits per heavy atom. The first kappa shape index (κ1) is 9.90. The third-order valence-electron chi connectivity index (χ3n) is 1.27. The first-order valence-corrected chi connectivity index (χ1v) is 3.20. The minimum atomic E-state index is -1.65. The van der Waals surface area contributed by atoms with Crippen LogP contribution in [0.2, 0.25) is 0 Å². The molecule has 5 nitrogen and oxygen atoms in total. The number of carbonyl (C=O) groups is 2. The third-order valence-corrected chi connectivity index (χ3v) is 1.27. The van der Waals surface area contributed by atoms with Crippen molar-refractivity contribution < 1.29 is 14.3 Å². The van der Waals surface area contributed by atoms with Crippen LogP contribution in [0.4, 0.5) is 0 Å². The Balaban J connectivity index is 4.34. The highest BCUT2D eigenvalue weighted by atomic mass is 16.6. The van der Waals surface area contributed by atoms with Crippen molar-refractivity contribution in [1.82, 2.24) is 0 Å². The Labute approximate surface area is 64.7 Å². The maximum atomic E-state index is 10.6. The van der Waals surface area contributed by atoms with E-state index in [9.17, 15) is 9.59 Å². The summed E-state index contributed by atoms with van der Waals surface area (Å²) in [5, 5.41) is 0. The Kier molecular flexibility index (Phi) is 3.00. The fourth-order valence-corrected chi connectivity index (χ4v) is 0.553. The number of carbonyl (C=O) groups excluding carboxylic acids is 2. The largest absolute Gasteiger partial charge is 0.435 e. The smallest absolute Gasteiger partial charge is 0.304 e. The van der Waals surface area contributed by atoms with Crippen molar-refractivity contribution in [2.45, 2.75) is 26.0 Å². The lowest BCUT2D eigenvalue weighted by molar-refractivity contribution is -0.165. The molecule has 0 radical (unpaired) electrons. The van der Waals surface area contributed by atoms with E-state index in [0.29, 0.717) is 0 Å². The molecular formula is C6H12N2O3. The number of amides is 1. The average Bonchev–Trinajstić information content (AvgIpc) is 1.86. The van der Waals surface area contributed by atoms with E-state index in [2.05, 4.69) is 4.74 Å². The Morgan fingerprint density at radius 1 is 1.55 bits per heavy atom. The van der Waals surface area contributed by atoms with Gasteiger partial charge < -0.3 is 10.5 Å². The van der Waals surface area contributed by atoms with Gasteiger partial charge >= 0.3 is 5.97 Å². The number of hydrogen-bond acceptors (Lipinski definition) is 4. The second-order valence-corrected chi connectivity index (χ2v) is 2.20. The molecule has 0 saturated carbocycles. The Morgan fingerprint density at radius 2 is 2.00 bits per heavy atom. The molecule has 0 aromatic rings. The van der Waals surface area contributed by atoms with Crippen LogP contribution < -0.4 is 11.5 Å². The van der Waals surface area contributed by atoms with Crippen molar-refractivity contribution >= 4 is 11.9 Å². The number of esters is 1. The second kappa shape index (κ2) is 3.34. The zero-order valence-electron chi connectivity index (χ0n) is 6.59. The number of rotatable bonds is 3. The lowest BCUT2D eigenvalue weighted by atomic mass is 10.1. The molecule has 0 rings (SSSR count).